The summed E-state index contributed by atoms with van der Waals surface area (Å²) in [4.78, 5) is 26.8. The minimum Gasteiger partial charge on any atom is -0.340 e. The number of benzene rings is 1. The van der Waals surface area contributed by atoms with Crippen LogP contribution in [0.4, 0.5) is 0 Å². The smallest absolute Gasteiger partial charge is 0.244 e. The van der Waals surface area contributed by atoms with Crippen molar-refractivity contribution in [2.75, 3.05) is 26.2 Å². The highest BCUT2D eigenvalue weighted by atomic mass is 32.1. The van der Waals surface area contributed by atoms with Gasteiger partial charge in [-0.1, -0.05) is 46.2 Å². The molecule has 0 N–H and O–H groups in total. The zero-order chi connectivity index (χ0) is 23.5. The lowest BCUT2D eigenvalue weighted by atomic mass is 10.1. The summed E-state index contributed by atoms with van der Waals surface area (Å²) in [5, 5.41) is 10.1. The lowest BCUT2D eigenvalue weighted by molar-refractivity contribution is -0.133. The zero-order valence-electron chi connectivity index (χ0n) is 19.2. The molecule has 5 rings (SSSR count). The lowest BCUT2D eigenvalue weighted by Gasteiger charge is -2.36. The number of piperazine rings is 1. The van der Waals surface area contributed by atoms with Crippen LogP contribution in [0.3, 0.4) is 0 Å². The monoisotopic (exact) mass is 478 g/mol. The van der Waals surface area contributed by atoms with Crippen LogP contribution in [0.2, 0.25) is 0 Å². The highest BCUT2D eigenvalue weighted by Crippen LogP contribution is 2.24. The standard InChI is InChI=1S/C24H26N6O3S/c1-16-5-7-18(8-6-16)22-26-24(33-27-22)17(2)29-11-13-30(14-12-29)21(31)10-9-20-25-23(28-32-20)19-4-3-15-34-19/h3-8,15,17H,9-14H2,1-2H3. The Bertz CT molecular complexity index is 1230. The molecule has 4 heterocycles. The fourth-order valence-corrected chi connectivity index (χ4v) is 4.62. The summed E-state index contributed by atoms with van der Waals surface area (Å²) >= 11 is 1.56. The molecule has 0 radical (unpaired) electrons. The quantitative estimate of drug-likeness (QED) is 0.393. The molecule has 1 aliphatic heterocycles. The second-order valence-corrected chi connectivity index (χ2v) is 9.35. The van der Waals surface area contributed by atoms with Crippen molar-refractivity contribution in [3.63, 3.8) is 0 Å². The van der Waals surface area contributed by atoms with Gasteiger partial charge in [0.2, 0.25) is 29.3 Å². The molecule has 0 bridgehead atoms. The Morgan fingerprint density at radius 3 is 2.53 bits per heavy atom. The van der Waals surface area contributed by atoms with Gasteiger partial charge in [-0.05, 0) is 25.3 Å². The van der Waals surface area contributed by atoms with Gasteiger partial charge in [-0.3, -0.25) is 9.69 Å². The van der Waals surface area contributed by atoms with Crippen molar-refractivity contribution < 1.29 is 13.8 Å². The Labute approximate surface area is 201 Å². The third-order valence-corrected chi connectivity index (χ3v) is 6.95. The van der Waals surface area contributed by atoms with Crippen LogP contribution in [-0.4, -0.2) is 62.2 Å². The average Bonchev–Trinajstić information content (AvgIpc) is 3.64. The second-order valence-electron chi connectivity index (χ2n) is 8.40. The van der Waals surface area contributed by atoms with Crippen LogP contribution in [-0.2, 0) is 11.2 Å². The van der Waals surface area contributed by atoms with Crippen molar-refractivity contribution in [2.24, 2.45) is 0 Å². The minimum atomic E-state index is -0.0157. The van der Waals surface area contributed by atoms with Gasteiger partial charge >= 0.3 is 0 Å². The highest BCUT2D eigenvalue weighted by molar-refractivity contribution is 7.13. The Kier molecular flexibility index (Phi) is 6.50. The van der Waals surface area contributed by atoms with Gasteiger partial charge in [0, 0.05) is 44.6 Å². The van der Waals surface area contributed by atoms with Crippen molar-refractivity contribution in [3.8, 4) is 22.1 Å². The molecule has 1 amide bonds. The van der Waals surface area contributed by atoms with Gasteiger partial charge in [-0.2, -0.15) is 9.97 Å². The minimum absolute atomic E-state index is 0.0157. The number of thiophene rings is 1. The van der Waals surface area contributed by atoms with Crippen LogP contribution in [0.25, 0.3) is 22.1 Å². The summed E-state index contributed by atoms with van der Waals surface area (Å²) < 4.78 is 10.9. The van der Waals surface area contributed by atoms with Crippen LogP contribution in [0.5, 0.6) is 0 Å². The first kappa shape index (κ1) is 22.4. The number of hydrogen-bond donors (Lipinski definition) is 0. The first-order valence-electron chi connectivity index (χ1n) is 11.4. The Hall–Kier alpha value is -3.37. The number of aryl methyl sites for hydroxylation is 2. The number of nitrogens with zero attached hydrogens (tertiary/aromatic N) is 6. The zero-order valence-corrected chi connectivity index (χ0v) is 20.0. The van der Waals surface area contributed by atoms with Crippen LogP contribution >= 0.6 is 11.3 Å². The van der Waals surface area contributed by atoms with Crippen LogP contribution in [0.1, 0.15) is 36.7 Å². The van der Waals surface area contributed by atoms with Crippen LogP contribution < -0.4 is 0 Å². The third-order valence-electron chi connectivity index (χ3n) is 6.09. The van der Waals surface area contributed by atoms with Crippen LogP contribution in [0.15, 0.2) is 50.8 Å². The Balaban J connectivity index is 1.11. The summed E-state index contributed by atoms with van der Waals surface area (Å²) in [6.45, 7) is 6.92. The molecular formula is C24H26N6O3S. The SMILES string of the molecule is Cc1ccc(-c2noc(C(C)N3CCN(C(=O)CCc4nc(-c5cccs5)no4)CC3)n2)cc1. The molecule has 1 aliphatic rings. The third kappa shape index (κ3) is 4.92. The summed E-state index contributed by atoms with van der Waals surface area (Å²) in [5.41, 5.74) is 2.13. The average molecular weight is 479 g/mol. The van der Waals surface area contributed by atoms with E-state index >= 15 is 0 Å². The number of carbonyl (C=O) groups excluding carboxylic acids is 1. The molecule has 1 aromatic carbocycles. The van der Waals surface area contributed by atoms with E-state index in [-0.39, 0.29) is 11.9 Å². The fourth-order valence-electron chi connectivity index (χ4n) is 3.97. The molecule has 1 unspecified atom stereocenters. The van der Waals surface area contributed by atoms with E-state index in [1.807, 2.05) is 53.6 Å². The van der Waals surface area contributed by atoms with Gasteiger partial charge in [-0.15, -0.1) is 11.3 Å². The summed E-state index contributed by atoms with van der Waals surface area (Å²) in [7, 11) is 0. The maximum Gasteiger partial charge on any atom is 0.244 e. The van der Waals surface area contributed by atoms with Crippen LogP contribution in [0, 0.1) is 6.92 Å². The van der Waals surface area contributed by atoms with Crippen molar-refractivity contribution in [3.05, 3.63) is 59.1 Å². The molecule has 1 fully saturated rings. The summed E-state index contributed by atoms with van der Waals surface area (Å²) in [6.07, 6.45) is 0.794. The first-order valence-corrected chi connectivity index (χ1v) is 12.2. The van der Waals surface area contributed by atoms with E-state index in [1.165, 1.54) is 5.56 Å². The van der Waals surface area contributed by atoms with Crippen molar-refractivity contribution in [1.29, 1.82) is 0 Å². The van der Waals surface area contributed by atoms with Crippen molar-refractivity contribution >= 4 is 17.2 Å². The van der Waals surface area contributed by atoms with E-state index in [9.17, 15) is 4.79 Å². The molecule has 1 atom stereocenters. The van der Waals surface area contributed by atoms with E-state index in [0.717, 1.165) is 23.5 Å². The van der Waals surface area contributed by atoms with Crippen molar-refractivity contribution in [2.45, 2.75) is 32.7 Å². The molecule has 0 aliphatic carbocycles. The number of aromatic nitrogens is 4. The maximum absolute atomic E-state index is 12.7. The topological polar surface area (TPSA) is 101 Å². The molecule has 0 saturated carbocycles. The largest absolute Gasteiger partial charge is 0.340 e. The van der Waals surface area contributed by atoms with Gasteiger partial charge in [0.1, 0.15) is 0 Å². The number of amides is 1. The molecule has 34 heavy (non-hydrogen) atoms. The van der Waals surface area contributed by atoms with E-state index in [0.29, 0.717) is 49.4 Å². The fraction of sp³-hybridized carbons (Fsp3) is 0.375. The van der Waals surface area contributed by atoms with Gasteiger partial charge in [0.05, 0.1) is 10.9 Å². The number of hydrogen-bond acceptors (Lipinski definition) is 9. The predicted molar refractivity (Wildman–Crippen MR) is 127 cm³/mol. The highest BCUT2D eigenvalue weighted by Gasteiger charge is 2.28. The molecule has 1 saturated heterocycles. The summed E-state index contributed by atoms with van der Waals surface area (Å²) in [5.74, 6) is 2.35. The van der Waals surface area contributed by atoms with E-state index < -0.39 is 0 Å². The molecule has 176 valence electrons. The molecule has 9 nitrogen and oxygen atoms in total. The first-order chi connectivity index (χ1) is 16.6. The normalized spacial score (nSPS) is 15.5. The molecular weight excluding hydrogens is 452 g/mol. The predicted octanol–water partition coefficient (Wildman–Crippen LogP) is 3.99. The second kappa shape index (κ2) is 9.86. The Morgan fingerprint density at radius 2 is 1.79 bits per heavy atom. The van der Waals surface area contributed by atoms with E-state index in [1.54, 1.807) is 11.3 Å². The Morgan fingerprint density at radius 1 is 1.03 bits per heavy atom. The molecule has 4 aromatic rings. The van der Waals surface area contributed by atoms with Gasteiger partial charge in [0.15, 0.2) is 0 Å². The molecule has 10 heteroatoms. The van der Waals surface area contributed by atoms with Gasteiger partial charge in [-0.25, -0.2) is 0 Å². The summed E-state index contributed by atoms with van der Waals surface area (Å²) in [6, 6.07) is 11.9. The van der Waals surface area contributed by atoms with E-state index in [4.69, 9.17) is 9.05 Å². The van der Waals surface area contributed by atoms with Gasteiger partial charge < -0.3 is 13.9 Å². The van der Waals surface area contributed by atoms with Gasteiger partial charge in [0.25, 0.3) is 0 Å². The molecule has 0 spiro atoms. The number of rotatable bonds is 7. The van der Waals surface area contributed by atoms with E-state index in [2.05, 4.69) is 32.1 Å². The molecule has 3 aromatic heterocycles. The number of carbonyl (C=O) groups is 1. The lowest BCUT2D eigenvalue weighted by Crippen LogP contribution is -2.49. The van der Waals surface area contributed by atoms with Crippen molar-refractivity contribution in [1.82, 2.24) is 30.1 Å². The maximum atomic E-state index is 12.7.